The molecule has 11 heteroatoms. The first-order valence-corrected chi connectivity index (χ1v) is 12.5. The number of aromatic nitrogens is 2. The van der Waals surface area contributed by atoms with Crippen LogP contribution in [0.1, 0.15) is 11.3 Å². The summed E-state index contributed by atoms with van der Waals surface area (Å²) in [7, 11) is -2.05. The van der Waals surface area contributed by atoms with E-state index in [-0.39, 0.29) is 47.2 Å². The van der Waals surface area contributed by atoms with Gasteiger partial charge in [0.1, 0.15) is 11.8 Å². The van der Waals surface area contributed by atoms with Crippen LogP contribution in [0.25, 0.3) is 5.69 Å². The second-order valence-corrected chi connectivity index (χ2v) is 10.2. The lowest BCUT2D eigenvalue weighted by atomic mass is 10.2. The van der Waals surface area contributed by atoms with Gasteiger partial charge in [-0.2, -0.15) is 9.57 Å². The fourth-order valence-electron chi connectivity index (χ4n) is 4.15. The number of anilines is 1. The number of hydrogen-bond donors (Lipinski definition) is 1. The average Bonchev–Trinajstić information content (AvgIpc) is 3.07. The predicted molar refractivity (Wildman–Crippen MR) is 131 cm³/mol. The molecule has 1 fully saturated rings. The monoisotopic (exact) mass is 494 g/mol. The molecule has 0 saturated carbocycles. The normalized spacial score (nSPS) is 15.0. The Morgan fingerprint density at radius 3 is 2.31 bits per heavy atom. The molecule has 1 amide bonds. The highest BCUT2D eigenvalue weighted by Gasteiger charge is 2.31. The van der Waals surface area contributed by atoms with Crippen molar-refractivity contribution in [3.8, 4) is 11.8 Å². The van der Waals surface area contributed by atoms with Crippen molar-refractivity contribution in [3.63, 3.8) is 0 Å². The Morgan fingerprint density at radius 1 is 1.03 bits per heavy atom. The van der Waals surface area contributed by atoms with E-state index < -0.39 is 10.0 Å². The molecule has 35 heavy (non-hydrogen) atoms. The minimum absolute atomic E-state index is 0.0112. The van der Waals surface area contributed by atoms with Crippen molar-refractivity contribution in [3.05, 3.63) is 76.2 Å². The molecule has 2 heterocycles. The van der Waals surface area contributed by atoms with Crippen LogP contribution in [-0.4, -0.2) is 65.6 Å². The van der Waals surface area contributed by atoms with Crippen molar-refractivity contribution in [1.82, 2.24) is 18.6 Å². The van der Waals surface area contributed by atoms with Crippen LogP contribution in [0.4, 0.5) is 5.69 Å². The van der Waals surface area contributed by atoms with Gasteiger partial charge in [0, 0.05) is 33.2 Å². The number of rotatable bonds is 6. The van der Waals surface area contributed by atoms with Gasteiger partial charge < -0.3 is 5.32 Å². The molecule has 0 radical (unpaired) electrons. The van der Waals surface area contributed by atoms with Crippen LogP contribution in [0, 0.1) is 18.3 Å². The number of benzene rings is 2. The molecule has 1 aliphatic heterocycles. The number of sulfonamides is 1. The SMILES string of the molecule is Cc1c(NC(=O)CN2CCN(S(=O)(=O)c3ccccc3C#N)CC2)c(=O)n(-c2ccccc2)n1C. The maximum Gasteiger partial charge on any atom is 0.295 e. The highest BCUT2D eigenvalue weighted by molar-refractivity contribution is 7.89. The van der Waals surface area contributed by atoms with Gasteiger partial charge in [-0.1, -0.05) is 30.3 Å². The third kappa shape index (κ3) is 4.77. The number of piperazine rings is 1. The Hall–Kier alpha value is -3.72. The van der Waals surface area contributed by atoms with E-state index in [1.807, 2.05) is 41.3 Å². The van der Waals surface area contributed by atoms with Gasteiger partial charge in [-0.05, 0) is 31.2 Å². The summed E-state index contributed by atoms with van der Waals surface area (Å²) >= 11 is 0. The summed E-state index contributed by atoms with van der Waals surface area (Å²) < 4.78 is 30.5. The van der Waals surface area contributed by atoms with Gasteiger partial charge >= 0.3 is 0 Å². The van der Waals surface area contributed by atoms with Gasteiger partial charge in [-0.3, -0.25) is 19.2 Å². The fourth-order valence-corrected chi connectivity index (χ4v) is 5.71. The van der Waals surface area contributed by atoms with Gasteiger partial charge in [0.25, 0.3) is 5.56 Å². The summed E-state index contributed by atoms with van der Waals surface area (Å²) in [4.78, 5) is 27.6. The molecule has 10 nitrogen and oxygen atoms in total. The van der Waals surface area contributed by atoms with Crippen LogP contribution in [0.5, 0.6) is 0 Å². The van der Waals surface area contributed by atoms with E-state index in [0.29, 0.717) is 24.5 Å². The largest absolute Gasteiger partial charge is 0.319 e. The Bertz CT molecular complexity index is 1450. The summed E-state index contributed by atoms with van der Waals surface area (Å²) in [5, 5.41) is 12.0. The second-order valence-electron chi connectivity index (χ2n) is 8.27. The lowest BCUT2D eigenvalue weighted by molar-refractivity contribution is -0.117. The Balaban J connectivity index is 1.41. The number of nitrogens with zero attached hydrogens (tertiary/aromatic N) is 5. The average molecular weight is 495 g/mol. The molecule has 0 spiro atoms. The van der Waals surface area contributed by atoms with E-state index in [1.165, 1.54) is 21.1 Å². The molecule has 1 aliphatic rings. The van der Waals surface area contributed by atoms with Gasteiger partial charge in [0.2, 0.25) is 15.9 Å². The smallest absolute Gasteiger partial charge is 0.295 e. The second kappa shape index (κ2) is 9.87. The number of nitriles is 1. The Morgan fingerprint density at radius 2 is 1.66 bits per heavy atom. The molecule has 0 unspecified atom stereocenters. The third-order valence-electron chi connectivity index (χ3n) is 6.14. The molecule has 0 atom stereocenters. The summed E-state index contributed by atoms with van der Waals surface area (Å²) in [5.74, 6) is -0.345. The van der Waals surface area contributed by atoms with Crippen molar-refractivity contribution >= 4 is 21.6 Å². The van der Waals surface area contributed by atoms with E-state index in [1.54, 1.807) is 30.8 Å². The zero-order valence-electron chi connectivity index (χ0n) is 19.5. The topological polar surface area (TPSA) is 120 Å². The number of amides is 1. The quantitative estimate of drug-likeness (QED) is 0.552. The first-order valence-electron chi connectivity index (χ1n) is 11.1. The molecule has 1 saturated heterocycles. The van der Waals surface area contributed by atoms with Gasteiger partial charge in [-0.25, -0.2) is 13.1 Å². The number of carbonyl (C=O) groups is 1. The summed E-state index contributed by atoms with van der Waals surface area (Å²) in [6, 6.07) is 17.2. The van der Waals surface area contributed by atoms with Crippen LogP contribution >= 0.6 is 0 Å². The number of para-hydroxylation sites is 1. The number of nitrogens with one attached hydrogen (secondary N) is 1. The number of hydrogen-bond acceptors (Lipinski definition) is 6. The number of carbonyl (C=O) groups excluding carboxylic acids is 1. The molecule has 1 N–H and O–H groups in total. The van der Waals surface area contributed by atoms with Crippen LogP contribution in [-0.2, 0) is 21.9 Å². The zero-order valence-corrected chi connectivity index (χ0v) is 20.3. The van der Waals surface area contributed by atoms with Crippen LogP contribution in [0.3, 0.4) is 0 Å². The molecule has 4 rings (SSSR count). The van der Waals surface area contributed by atoms with Gasteiger partial charge in [0.05, 0.1) is 28.4 Å². The highest BCUT2D eigenvalue weighted by atomic mass is 32.2. The molecule has 1 aromatic heterocycles. The van der Waals surface area contributed by atoms with Crippen LogP contribution in [0.15, 0.2) is 64.3 Å². The van der Waals surface area contributed by atoms with Crippen molar-refractivity contribution in [2.45, 2.75) is 11.8 Å². The molecule has 0 bridgehead atoms. The first kappa shape index (κ1) is 24.4. The fraction of sp³-hybridized carbons (Fsp3) is 0.292. The minimum Gasteiger partial charge on any atom is -0.319 e. The minimum atomic E-state index is -3.81. The van der Waals surface area contributed by atoms with Crippen LogP contribution < -0.4 is 10.9 Å². The lowest BCUT2D eigenvalue weighted by Gasteiger charge is -2.33. The molecule has 3 aromatic rings. The van der Waals surface area contributed by atoms with Gasteiger partial charge in [-0.15, -0.1) is 0 Å². The molecule has 2 aromatic carbocycles. The van der Waals surface area contributed by atoms with Crippen molar-refractivity contribution in [2.75, 3.05) is 38.0 Å². The van der Waals surface area contributed by atoms with Crippen molar-refractivity contribution in [2.24, 2.45) is 7.05 Å². The molecule has 0 aliphatic carbocycles. The van der Waals surface area contributed by atoms with E-state index in [9.17, 15) is 23.3 Å². The van der Waals surface area contributed by atoms with Crippen molar-refractivity contribution < 1.29 is 13.2 Å². The molecular weight excluding hydrogens is 468 g/mol. The Kier molecular flexibility index (Phi) is 6.88. The first-order chi connectivity index (χ1) is 16.7. The molecule has 182 valence electrons. The van der Waals surface area contributed by atoms with Gasteiger partial charge in [0.15, 0.2) is 0 Å². The standard InChI is InChI=1S/C24H26N6O4S/c1-18-23(24(32)30(27(18)2)20-9-4-3-5-10-20)26-22(31)17-28-12-14-29(15-13-28)35(33,34)21-11-7-6-8-19(21)16-25/h3-11H,12-15,17H2,1-2H3,(H,26,31). The van der Waals surface area contributed by atoms with Crippen molar-refractivity contribution in [1.29, 1.82) is 5.26 Å². The maximum atomic E-state index is 13.0. The summed E-state index contributed by atoms with van der Waals surface area (Å²) in [5.41, 5.74) is 1.32. The van der Waals surface area contributed by atoms with E-state index >= 15 is 0 Å². The Labute approximate surface area is 203 Å². The zero-order chi connectivity index (χ0) is 25.2. The van der Waals surface area contributed by atoms with E-state index in [0.717, 1.165) is 0 Å². The molecular formula is C24H26N6O4S. The van der Waals surface area contributed by atoms with Crippen LogP contribution in [0.2, 0.25) is 0 Å². The highest BCUT2D eigenvalue weighted by Crippen LogP contribution is 2.21. The summed E-state index contributed by atoms with van der Waals surface area (Å²) in [6.45, 7) is 2.88. The van der Waals surface area contributed by atoms with E-state index in [4.69, 9.17) is 0 Å². The summed E-state index contributed by atoms with van der Waals surface area (Å²) in [6.07, 6.45) is 0. The predicted octanol–water partition coefficient (Wildman–Crippen LogP) is 1.30. The lowest BCUT2D eigenvalue weighted by Crippen LogP contribution is -2.50. The maximum absolute atomic E-state index is 13.0. The third-order valence-corrected chi connectivity index (χ3v) is 8.10. The van der Waals surface area contributed by atoms with E-state index in [2.05, 4.69) is 5.32 Å².